The number of anilines is 1. The van der Waals surface area contributed by atoms with Gasteiger partial charge in [-0.1, -0.05) is 0 Å². The first-order valence-corrected chi connectivity index (χ1v) is 4.76. The van der Waals surface area contributed by atoms with Gasteiger partial charge < -0.3 is 20.7 Å². The molecular weight excluding hydrogens is 208 g/mol. The van der Waals surface area contributed by atoms with Crippen molar-refractivity contribution in [2.75, 3.05) is 12.8 Å². The van der Waals surface area contributed by atoms with E-state index in [0.717, 1.165) is 0 Å². The summed E-state index contributed by atoms with van der Waals surface area (Å²) in [5, 5.41) is 27.6. The van der Waals surface area contributed by atoms with Crippen LogP contribution in [0.1, 0.15) is 18.1 Å². The Hall–Kier alpha value is -1.77. The highest BCUT2D eigenvalue weighted by Gasteiger charge is 2.19. The average Bonchev–Trinajstić information content (AvgIpc) is 2.27. The van der Waals surface area contributed by atoms with E-state index in [0.29, 0.717) is 17.0 Å². The molecule has 2 atom stereocenters. The Morgan fingerprint density at radius 1 is 1.44 bits per heavy atom. The summed E-state index contributed by atoms with van der Waals surface area (Å²) in [6.45, 7) is 0. The maximum absolute atomic E-state index is 9.75. The Morgan fingerprint density at radius 2 is 2.12 bits per heavy atom. The van der Waals surface area contributed by atoms with Crippen LogP contribution in [0.15, 0.2) is 18.2 Å². The van der Waals surface area contributed by atoms with Gasteiger partial charge in [0, 0.05) is 11.8 Å². The predicted molar refractivity (Wildman–Crippen MR) is 58.6 cm³/mol. The van der Waals surface area contributed by atoms with Crippen molar-refractivity contribution in [2.24, 2.45) is 0 Å². The van der Waals surface area contributed by atoms with E-state index in [1.54, 1.807) is 18.2 Å². The van der Waals surface area contributed by atoms with E-state index < -0.39 is 12.2 Å². The van der Waals surface area contributed by atoms with Gasteiger partial charge in [-0.2, -0.15) is 5.26 Å². The van der Waals surface area contributed by atoms with Gasteiger partial charge in [0.05, 0.1) is 25.7 Å². The Kier molecular flexibility index (Phi) is 4.11. The number of hydrogen-bond donors (Lipinski definition) is 3. The van der Waals surface area contributed by atoms with Crippen molar-refractivity contribution in [3.8, 4) is 11.8 Å². The Bertz CT molecular complexity index is 401. The summed E-state index contributed by atoms with van der Waals surface area (Å²) in [5.41, 5.74) is 6.47. The summed E-state index contributed by atoms with van der Waals surface area (Å²) in [6, 6.07) is 6.50. The zero-order chi connectivity index (χ0) is 12.1. The minimum Gasteiger partial charge on any atom is -0.497 e. The van der Waals surface area contributed by atoms with Gasteiger partial charge in [0.2, 0.25) is 0 Å². The molecule has 0 aromatic heterocycles. The molecule has 0 aliphatic carbocycles. The second kappa shape index (κ2) is 5.35. The fraction of sp³-hybridized carbons (Fsp3) is 0.364. The number of rotatable bonds is 4. The van der Waals surface area contributed by atoms with Gasteiger partial charge in [0.15, 0.2) is 0 Å². The molecule has 0 spiro atoms. The molecule has 0 radical (unpaired) electrons. The van der Waals surface area contributed by atoms with Crippen molar-refractivity contribution < 1.29 is 14.9 Å². The smallest absolute Gasteiger partial charge is 0.121 e. The zero-order valence-electron chi connectivity index (χ0n) is 8.92. The first kappa shape index (κ1) is 12.3. The second-order valence-corrected chi connectivity index (χ2v) is 3.41. The monoisotopic (exact) mass is 222 g/mol. The van der Waals surface area contributed by atoms with E-state index >= 15 is 0 Å². The first-order valence-electron chi connectivity index (χ1n) is 4.76. The highest BCUT2D eigenvalue weighted by atomic mass is 16.5. The Labute approximate surface area is 93.7 Å². The standard InChI is InChI=1S/C11H14N2O3/c1-16-9-5-7(4-8(13)6-9)11(15)10(14)2-3-12/h4-6,10-11,14-15H,2,13H2,1H3. The molecule has 0 saturated carbocycles. The lowest BCUT2D eigenvalue weighted by Crippen LogP contribution is -2.17. The minimum absolute atomic E-state index is 0.141. The molecule has 0 amide bonds. The van der Waals surface area contributed by atoms with E-state index in [2.05, 4.69) is 0 Å². The molecule has 2 unspecified atom stereocenters. The van der Waals surface area contributed by atoms with Crippen molar-refractivity contribution in [3.63, 3.8) is 0 Å². The van der Waals surface area contributed by atoms with Crippen molar-refractivity contribution in [3.05, 3.63) is 23.8 Å². The number of methoxy groups -OCH3 is 1. The molecule has 5 nitrogen and oxygen atoms in total. The average molecular weight is 222 g/mol. The number of ether oxygens (including phenoxy) is 1. The van der Waals surface area contributed by atoms with Crippen LogP contribution in [0.25, 0.3) is 0 Å². The zero-order valence-corrected chi connectivity index (χ0v) is 8.92. The number of nitrogens with zero attached hydrogens (tertiary/aromatic N) is 1. The van der Waals surface area contributed by atoms with Crippen molar-refractivity contribution in [1.82, 2.24) is 0 Å². The molecule has 4 N–H and O–H groups in total. The lowest BCUT2D eigenvalue weighted by molar-refractivity contribution is 0.0215. The molecule has 1 rings (SSSR count). The Balaban J connectivity index is 2.95. The fourth-order valence-electron chi connectivity index (χ4n) is 1.36. The predicted octanol–water partition coefficient (Wildman–Crippen LogP) is 0.585. The van der Waals surface area contributed by atoms with Crippen LogP contribution in [-0.4, -0.2) is 23.4 Å². The number of hydrogen-bond acceptors (Lipinski definition) is 5. The number of nitriles is 1. The van der Waals surface area contributed by atoms with Gasteiger partial charge in [-0.3, -0.25) is 0 Å². The fourth-order valence-corrected chi connectivity index (χ4v) is 1.36. The maximum Gasteiger partial charge on any atom is 0.121 e. The number of nitrogen functional groups attached to an aromatic ring is 1. The van der Waals surface area contributed by atoms with Crippen LogP contribution < -0.4 is 10.5 Å². The molecule has 1 aromatic carbocycles. The molecule has 0 saturated heterocycles. The summed E-state index contributed by atoms with van der Waals surface area (Å²) >= 11 is 0. The van der Waals surface area contributed by atoms with Crippen LogP contribution in [0.5, 0.6) is 5.75 Å². The van der Waals surface area contributed by atoms with E-state index in [9.17, 15) is 10.2 Å². The molecule has 0 aliphatic heterocycles. The topological polar surface area (TPSA) is 99.5 Å². The highest BCUT2D eigenvalue weighted by molar-refractivity contribution is 5.48. The molecule has 0 fully saturated rings. The molecule has 0 aliphatic rings. The molecule has 1 aromatic rings. The van der Waals surface area contributed by atoms with Crippen LogP contribution in [0.2, 0.25) is 0 Å². The van der Waals surface area contributed by atoms with Crippen molar-refractivity contribution in [2.45, 2.75) is 18.6 Å². The minimum atomic E-state index is -1.14. The summed E-state index contributed by atoms with van der Waals surface area (Å²) < 4.78 is 4.99. The van der Waals surface area contributed by atoms with Crippen LogP contribution in [0.4, 0.5) is 5.69 Å². The van der Waals surface area contributed by atoms with Gasteiger partial charge in [0.1, 0.15) is 11.9 Å². The SMILES string of the molecule is COc1cc(N)cc(C(O)C(O)CC#N)c1. The molecule has 86 valence electrons. The number of aliphatic hydroxyl groups excluding tert-OH is 2. The number of nitrogens with two attached hydrogens (primary N) is 1. The van der Waals surface area contributed by atoms with Gasteiger partial charge in [0.25, 0.3) is 0 Å². The molecule has 5 heteroatoms. The summed E-state index contributed by atoms with van der Waals surface area (Å²) in [5.74, 6) is 0.498. The van der Waals surface area contributed by atoms with Gasteiger partial charge in [-0.25, -0.2) is 0 Å². The summed E-state index contributed by atoms with van der Waals surface area (Å²) in [6.07, 6.45) is -2.41. The molecule has 0 bridgehead atoms. The lowest BCUT2D eigenvalue weighted by atomic mass is 10.0. The number of aliphatic hydroxyl groups is 2. The third kappa shape index (κ3) is 2.86. The van der Waals surface area contributed by atoms with E-state index in [4.69, 9.17) is 15.7 Å². The largest absolute Gasteiger partial charge is 0.497 e. The quantitative estimate of drug-likeness (QED) is 0.647. The van der Waals surface area contributed by atoms with Gasteiger partial charge in [-0.15, -0.1) is 0 Å². The lowest BCUT2D eigenvalue weighted by Gasteiger charge is -2.16. The van der Waals surface area contributed by atoms with Crippen LogP contribution >= 0.6 is 0 Å². The molecule has 16 heavy (non-hydrogen) atoms. The maximum atomic E-state index is 9.75. The second-order valence-electron chi connectivity index (χ2n) is 3.41. The van der Waals surface area contributed by atoms with E-state index in [1.807, 2.05) is 0 Å². The van der Waals surface area contributed by atoms with E-state index in [-0.39, 0.29) is 6.42 Å². The number of benzene rings is 1. The van der Waals surface area contributed by atoms with Crippen LogP contribution in [0, 0.1) is 11.3 Å². The molecular formula is C11H14N2O3. The normalized spacial score (nSPS) is 13.9. The van der Waals surface area contributed by atoms with Crippen molar-refractivity contribution >= 4 is 5.69 Å². The summed E-state index contributed by atoms with van der Waals surface area (Å²) in [7, 11) is 1.48. The van der Waals surface area contributed by atoms with Gasteiger partial charge >= 0.3 is 0 Å². The van der Waals surface area contributed by atoms with Crippen molar-refractivity contribution in [1.29, 1.82) is 5.26 Å². The van der Waals surface area contributed by atoms with E-state index in [1.165, 1.54) is 13.2 Å². The van der Waals surface area contributed by atoms with Crippen LogP contribution in [0.3, 0.4) is 0 Å². The molecule has 0 heterocycles. The third-order valence-electron chi connectivity index (χ3n) is 2.19. The Morgan fingerprint density at radius 3 is 2.69 bits per heavy atom. The third-order valence-corrected chi connectivity index (χ3v) is 2.19. The van der Waals surface area contributed by atoms with Crippen LogP contribution in [-0.2, 0) is 0 Å². The summed E-state index contributed by atoms with van der Waals surface area (Å²) in [4.78, 5) is 0. The highest BCUT2D eigenvalue weighted by Crippen LogP contribution is 2.26. The first-order chi connectivity index (χ1) is 7.58. The van der Waals surface area contributed by atoms with Gasteiger partial charge in [-0.05, 0) is 17.7 Å².